The minimum Gasteiger partial charge on any atom is -0.298 e. The Morgan fingerprint density at radius 1 is 0.706 bits per heavy atom. The molecule has 7 nitrogen and oxygen atoms in total. The van der Waals surface area contributed by atoms with Crippen LogP contribution in [0.4, 0.5) is 37.7 Å². The summed E-state index contributed by atoms with van der Waals surface area (Å²) in [6.07, 6.45) is 0. The first-order chi connectivity index (χ1) is 15.7. The minimum absolute atomic E-state index is 0.0451. The third kappa shape index (κ3) is 8.20. The molecule has 0 bridgehead atoms. The van der Waals surface area contributed by atoms with E-state index in [-0.39, 0.29) is 11.1 Å². The summed E-state index contributed by atoms with van der Waals surface area (Å²) in [5, 5.41) is 21.7. The highest BCUT2D eigenvalue weighted by Crippen LogP contribution is 2.40. The van der Waals surface area contributed by atoms with Crippen LogP contribution in [-0.4, -0.2) is 38.2 Å². The molecule has 0 amide bonds. The lowest BCUT2D eigenvalue weighted by molar-refractivity contribution is -0.385. The van der Waals surface area contributed by atoms with Gasteiger partial charge in [0.05, 0.1) is 21.7 Å². The number of nitro benzene ring substituents is 2. The molecule has 0 aliphatic rings. The Bertz CT molecular complexity index is 948. The molecular formula is C19H14F6N2O5S2. The molecule has 0 radical (unpaired) electrons. The van der Waals surface area contributed by atoms with Gasteiger partial charge in [0.2, 0.25) is 0 Å². The van der Waals surface area contributed by atoms with Crippen molar-refractivity contribution in [2.45, 2.75) is 22.9 Å². The van der Waals surface area contributed by atoms with E-state index in [4.69, 9.17) is 0 Å². The highest BCUT2D eigenvalue weighted by atomic mass is 32.2. The third-order valence-corrected chi connectivity index (χ3v) is 6.18. The molecule has 0 saturated carbocycles. The first kappa shape index (κ1) is 27.4. The Labute approximate surface area is 196 Å². The molecule has 34 heavy (non-hydrogen) atoms. The summed E-state index contributed by atoms with van der Waals surface area (Å²) >= 11 is -1.11. The molecule has 184 valence electrons. The number of non-ortho nitro benzene ring substituents is 2. The average Bonchev–Trinajstić information content (AvgIpc) is 2.73. The smallest absolute Gasteiger partial charge is 0.298 e. The van der Waals surface area contributed by atoms with Crippen LogP contribution in [0.1, 0.15) is 23.0 Å². The fourth-order valence-electron chi connectivity index (χ4n) is 2.94. The van der Waals surface area contributed by atoms with Crippen LogP contribution in [0, 0.1) is 20.2 Å². The van der Waals surface area contributed by atoms with Gasteiger partial charge in [0.15, 0.2) is 0 Å². The van der Waals surface area contributed by atoms with Crippen molar-refractivity contribution in [1.82, 2.24) is 0 Å². The summed E-state index contributed by atoms with van der Waals surface area (Å²) in [7, 11) is 0. The fourth-order valence-corrected chi connectivity index (χ4v) is 4.37. The van der Waals surface area contributed by atoms with Gasteiger partial charge in [-0.2, -0.15) is 26.3 Å². The number of hydrogen-bond donors (Lipinski definition) is 0. The molecule has 0 aliphatic carbocycles. The van der Waals surface area contributed by atoms with Crippen LogP contribution < -0.4 is 0 Å². The Kier molecular flexibility index (Phi) is 8.94. The van der Waals surface area contributed by atoms with Crippen LogP contribution >= 0.6 is 23.5 Å². The van der Waals surface area contributed by atoms with E-state index in [2.05, 4.69) is 0 Å². The molecule has 0 N–H and O–H groups in total. The second-order valence-corrected chi connectivity index (χ2v) is 8.89. The van der Waals surface area contributed by atoms with Gasteiger partial charge in [-0.25, -0.2) is 0 Å². The van der Waals surface area contributed by atoms with Gasteiger partial charge >= 0.3 is 11.0 Å². The zero-order valence-electron chi connectivity index (χ0n) is 16.7. The predicted molar refractivity (Wildman–Crippen MR) is 114 cm³/mol. The number of nitro groups is 2. The van der Waals surface area contributed by atoms with Crippen LogP contribution in [0.5, 0.6) is 0 Å². The largest absolute Gasteiger partial charge is 0.441 e. The lowest BCUT2D eigenvalue weighted by atomic mass is 9.85. The maximum Gasteiger partial charge on any atom is 0.441 e. The number of hydrogen-bond acceptors (Lipinski definition) is 7. The quantitative estimate of drug-likeness (QED) is 0.198. The SMILES string of the molecule is O=C(C(CSC(F)(F)F)c1ccc([N+](=O)[O-])cc1)C(CSC(F)(F)F)c1ccc([N+](=O)[O-])cc1. The molecule has 2 rings (SSSR count). The second-order valence-electron chi connectivity index (χ2n) is 6.72. The number of nitrogens with zero attached hydrogens (tertiary/aromatic N) is 2. The Morgan fingerprint density at radius 2 is 1.00 bits per heavy atom. The summed E-state index contributed by atoms with van der Waals surface area (Å²) < 4.78 is 77.2. The maximum atomic E-state index is 13.3. The van der Waals surface area contributed by atoms with E-state index in [1.54, 1.807) is 0 Å². The number of benzene rings is 2. The van der Waals surface area contributed by atoms with Crippen molar-refractivity contribution < 1.29 is 41.0 Å². The molecule has 2 unspecified atom stereocenters. The molecule has 2 aromatic carbocycles. The Morgan fingerprint density at radius 3 is 1.24 bits per heavy atom. The van der Waals surface area contributed by atoms with E-state index in [9.17, 15) is 51.4 Å². The van der Waals surface area contributed by atoms with Gasteiger partial charge in [-0.05, 0) is 34.7 Å². The van der Waals surface area contributed by atoms with Gasteiger partial charge in [0.1, 0.15) is 5.78 Å². The molecule has 0 saturated heterocycles. The van der Waals surface area contributed by atoms with Gasteiger partial charge in [0.25, 0.3) is 11.4 Å². The fraction of sp³-hybridized carbons (Fsp3) is 0.316. The van der Waals surface area contributed by atoms with E-state index in [0.29, 0.717) is 0 Å². The number of Topliss-reactive ketones (excluding diaryl/α,β-unsaturated/α-hetero) is 1. The summed E-state index contributed by atoms with van der Waals surface area (Å²) in [5.41, 5.74) is -10.4. The highest BCUT2D eigenvalue weighted by molar-refractivity contribution is 8.00. The summed E-state index contributed by atoms with van der Waals surface area (Å²) in [5.74, 6) is -5.85. The molecule has 0 spiro atoms. The topological polar surface area (TPSA) is 103 Å². The summed E-state index contributed by atoms with van der Waals surface area (Å²) in [6.45, 7) is 0. The number of ketones is 1. The van der Waals surface area contributed by atoms with E-state index in [1.165, 1.54) is 0 Å². The molecule has 2 aromatic rings. The van der Waals surface area contributed by atoms with Gasteiger partial charge in [-0.1, -0.05) is 24.3 Å². The molecule has 0 heterocycles. The van der Waals surface area contributed by atoms with E-state index >= 15 is 0 Å². The number of thioether (sulfide) groups is 2. The standard InChI is InChI=1S/C19H14F6N2O5S2/c20-18(21,22)33-9-15(11-1-5-13(6-2-11)26(29)30)17(28)16(10-34-19(23,24)25)12-3-7-14(8-4-12)27(31)32/h1-8,15-16H,9-10H2. The van der Waals surface area contributed by atoms with Gasteiger partial charge in [-0.15, -0.1) is 0 Å². The maximum absolute atomic E-state index is 13.3. The molecule has 15 heteroatoms. The van der Waals surface area contributed by atoms with Crippen molar-refractivity contribution in [3.05, 3.63) is 79.9 Å². The van der Waals surface area contributed by atoms with Gasteiger partial charge in [0, 0.05) is 35.8 Å². The van der Waals surface area contributed by atoms with Gasteiger partial charge in [-0.3, -0.25) is 25.0 Å². The zero-order valence-corrected chi connectivity index (χ0v) is 18.3. The molecule has 0 aromatic heterocycles. The summed E-state index contributed by atoms with van der Waals surface area (Å²) in [6, 6.07) is 8.17. The number of rotatable bonds is 10. The monoisotopic (exact) mass is 528 g/mol. The van der Waals surface area contributed by atoms with Crippen molar-refractivity contribution in [1.29, 1.82) is 0 Å². The zero-order chi connectivity index (χ0) is 25.7. The molecular weight excluding hydrogens is 514 g/mol. The van der Waals surface area contributed by atoms with Crippen molar-refractivity contribution in [3.8, 4) is 0 Å². The van der Waals surface area contributed by atoms with Crippen LogP contribution in [-0.2, 0) is 4.79 Å². The van der Waals surface area contributed by atoms with E-state index in [1.807, 2.05) is 0 Å². The van der Waals surface area contributed by atoms with Crippen LogP contribution in [0.3, 0.4) is 0 Å². The second kappa shape index (κ2) is 11.1. The lowest BCUT2D eigenvalue weighted by Gasteiger charge is -2.24. The number of carbonyl (C=O) groups excluding carboxylic acids is 1. The van der Waals surface area contributed by atoms with E-state index < -0.39 is 84.9 Å². The number of carbonyl (C=O) groups is 1. The van der Waals surface area contributed by atoms with E-state index in [0.717, 1.165) is 48.5 Å². The number of halogens is 6. The minimum atomic E-state index is -4.75. The lowest BCUT2D eigenvalue weighted by Crippen LogP contribution is -2.26. The van der Waals surface area contributed by atoms with Crippen molar-refractivity contribution in [3.63, 3.8) is 0 Å². The predicted octanol–water partition coefficient (Wildman–Crippen LogP) is 6.45. The third-order valence-electron chi connectivity index (χ3n) is 4.53. The first-order valence-corrected chi connectivity index (χ1v) is 11.1. The van der Waals surface area contributed by atoms with Crippen molar-refractivity contribution in [2.24, 2.45) is 0 Å². The van der Waals surface area contributed by atoms with Crippen molar-refractivity contribution in [2.75, 3.05) is 11.5 Å². The van der Waals surface area contributed by atoms with Crippen LogP contribution in [0.2, 0.25) is 0 Å². The first-order valence-electron chi connectivity index (χ1n) is 9.12. The van der Waals surface area contributed by atoms with Crippen LogP contribution in [0.15, 0.2) is 48.5 Å². The van der Waals surface area contributed by atoms with Crippen LogP contribution in [0.25, 0.3) is 0 Å². The normalized spacial score (nSPS) is 13.8. The van der Waals surface area contributed by atoms with Gasteiger partial charge < -0.3 is 0 Å². The number of alkyl halides is 6. The molecule has 0 aliphatic heterocycles. The Balaban J connectivity index is 2.47. The Hall–Kier alpha value is -2.81. The molecule has 0 fully saturated rings. The molecule has 2 atom stereocenters. The summed E-state index contributed by atoms with van der Waals surface area (Å²) in [4.78, 5) is 33.5. The average molecular weight is 528 g/mol. The highest BCUT2D eigenvalue weighted by Gasteiger charge is 2.38. The van der Waals surface area contributed by atoms with Crippen molar-refractivity contribution >= 4 is 40.7 Å².